The molecule has 1 N–H and O–H groups in total. The highest BCUT2D eigenvalue weighted by Crippen LogP contribution is 2.15. The van der Waals surface area contributed by atoms with Crippen molar-refractivity contribution in [2.45, 2.75) is 38.3 Å². The first-order valence-electron chi connectivity index (χ1n) is 6.56. The molecule has 0 radical (unpaired) electrons. The smallest absolute Gasteiger partial charge is 0.109 e. The second kappa shape index (κ2) is 5.65. The fourth-order valence-corrected chi connectivity index (χ4v) is 2.50. The van der Waals surface area contributed by atoms with Crippen LogP contribution in [-0.2, 0) is 13.5 Å². The fraction of sp³-hybridized carbons (Fsp3) is 0.769. The number of imidazole rings is 1. The monoisotopic (exact) mass is 236 g/mol. The van der Waals surface area contributed by atoms with Crippen molar-refractivity contribution < 1.29 is 0 Å². The van der Waals surface area contributed by atoms with Gasteiger partial charge in [-0.05, 0) is 33.4 Å². The number of hydrogen-bond donors (Lipinski definition) is 1. The molecule has 2 atom stereocenters. The van der Waals surface area contributed by atoms with Crippen molar-refractivity contribution >= 4 is 0 Å². The third kappa shape index (κ3) is 3.30. The van der Waals surface area contributed by atoms with Crippen molar-refractivity contribution in [3.05, 3.63) is 18.2 Å². The van der Waals surface area contributed by atoms with Gasteiger partial charge in [-0.15, -0.1) is 0 Å². The van der Waals surface area contributed by atoms with Crippen LogP contribution in [-0.4, -0.2) is 46.7 Å². The molecule has 4 nitrogen and oxygen atoms in total. The maximum absolute atomic E-state index is 4.34. The van der Waals surface area contributed by atoms with Gasteiger partial charge in [0.1, 0.15) is 5.82 Å². The van der Waals surface area contributed by atoms with E-state index in [1.54, 1.807) is 0 Å². The summed E-state index contributed by atoms with van der Waals surface area (Å²) < 4.78 is 2.10. The standard InChI is InChI=1S/C13H24N4/c1-11-10-12(5-8-16(11)2)14-6-4-13-15-7-9-17(13)3/h7,9,11-12,14H,4-6,8,10H2,1-3H3. The van der Waals surface area contributed by atoms with Gasteiger partial charge in [0.25, 0.3) is 0 Å². The van der Waals surface area contributed by atoms with Gasteiger partial charge in [-0.3, -0.25) is 0 Å². The lowest BCUT2D eigenvalue weighted by atomic mass is 9.99. The summed E-state index contributed by atoms with van der Waals surface area (Å²) in [5.74, 6) is 1.17. The Hall–Kier alpha value is -0.870. The summed E-state index contributed by atoms with van der Waals surface area (Å²) >= 11 is 0. The van der Waals surface area contributed by atoms with E-state index in [9.17, 15) is 0 Å². The Morgan fingerprint density at radius 1 is 1.47 bits per heavy atom. The predicted molar refractivity (Wildman–Crippen MR) is 70.0 cm³/mol. The van der Waals surface area contributed by atoms with E-state index in [4.69, 9.17) is 0 Å². The SMILES string of the molecule is CC1CC(NCCc2nccn2C)CCN1C. The van der Waals surface area contributed by atoms with E-state index < -0.39 is 0 Å². The van der Waals surface area contributed by atoms with Crippen LogP contribution in [0.1, 0.15) is 25.6 Å². The van der Waals surface area contributed by atoms with Crippen LogP contribution >= 0.6 is 0 Å². The summed E-state index contributed by atoms with van der Waals surface area (Å²) in [6.07, 6.45) is 7.42. The zero-order valence-corrected chi connectivity index (χ0v) is 11.2. The molecule has 0 bridgehead atoms. The second-order valence-electron chi connectivity index (χ2n) is 5.21. The molecule has 17 heavy (non-hydrogen) atoms. The number of likely N-dealkylation sites (tertiary alicyclic amines) is 1. The molecule has 0 amide bonds. The lowest BCUT2D eigenvalue weighted by molar-refractivity contribution is 0.169. The van der Waals surface area contributed by atoms with Crippen LogP contribution in [0.4, 0.5) is 0 Å². The van der Waals surface area contributed by atoms with Crippen molar-refractivity contribution in [2.75, 3.05) is 20.1 Å². The van der Waals surface area contributed by atoms with Crippen LogP contribution in [0.15, 0.2) is 12.4 Å². The second-order valence-corrected chi connectivity index (χ2v) is 5.21. The Labute approximate surface area is 104 Å². The minimum Gasteiger partial charge on any atom is -0.338 e. The van der Waals surface area contributed by atoms with Crippen LogP contribution in [0.3, 0.4) is 0 Å². The number of aromatic nitrogens is 2. The number of nitrogens with zero attached hydrogens (tertiary/aromatic N) is 3. The molecule has 1 aliphatic rings. The molecule has 0 saturated carbocycles. The average molecular weight is 236 g/mol. The lowest BCUT2D eigenvalue weighted by Gasteiger charge is -2.35. The summed E-state index contributed by atoms with van der Waals surface area (Å²) in [6, 6.07) is 1.39. The third-order valence-electron chi connectivity index (χ3n) is 3.91. The fourth-order valence-electron chi connectivity index (χ4n) is 2.50. The van der Waals surface area contributed by atoms with Crippen molar-refractivity contribution in [3.63, 3.8) is 0 Å². The van der Waals surface area contributed by atoms with Gasteiger partial charge in [0.2, 0.25) is 0 Å². The Bertz CT molecular complexity index is 347. The number of hydrogen-bond acceptors (Lipinski definition) is 3. The normalized spacial score (nSPS) is 26.3. The summed E-state index contributed by atoms with van der Waals surface area (Å²) in [4.78, 5) is 6.78. The van der Waals surface area contributed by atoms with E-state index in [1.807, 2.05) is 12.4 Å². The Balaban J connectivity index is 1.71. The van der Waals surface area contributed by atoms with Gasteiger partial charge in [-0.25, -0.2) is 4.98 Å². The molecule has 2 heterocycles. The summed E-state index contributed by atoms with van der Waals surface area (Å²) in [5, 5.41) is 3.66. The van der Waals surface area contributed by atoms with Crippen molar-refractivity contribution in [1.29, 1.82) is 0 Å². The predicted octanol–water partition coefficient (Wildman–Crippen LogP) is 1.03. The maximum atomic E-state index is 4.34. The molecule has 1 fully saturated rings. The van der Waals surface area contributed by atoms with E-state index in [2.05, 4.69) is 40.8 Å². The van der Waals surface area contributed by atoms with E-state index in [0.29, 0.717) is 12.1 Å². The highest BCUT2D eigenvalue weighted by molar-refractivity contribution is 4.92. The first kappa shape index (κ1) is 12.6. The van der Waals surface area contributed by atoms with Gasteiger partial charge in [0, 0.05) is 44.5 Å². The van der Waals surface area contributed by atoms with E-state index in [-0.39, 0.29) is 0 Å². The zero-order valence-electron chi connectivity index (χ0n) is 11.2. The lowest BCUT2D eigenvalue weighted by Crippen LogP contribution is -2.46. The molecular formula is C13H24N4. The van der Waals surface area contributed by atoms with Crippen molar-refractivity contribution in [3.8, 4) is 0 Å². The topological polar surface area (TPSA) is 33.1 Å². The molecule has 1 saturated heterocycles. The molecule has 2 rings (SSSR count). The Kier molecular flexibility index (Phi) is 4.18. The minimum absolute atomic E-state index is 0.682. The molecule has 1 aromatic heterocycles. The molecule has 0 aliphatic carbocycles. The first-order chi connectivity index (χ1) is 8.16. The molecule has 4 heteroatoms. The molecule has 96 valence electrons. The summed E-state index contributed by atoms with van der Waals surface area (Å²) in [6.45, 7) is 4.56. The average Bonchev–Trinajstić information content (AvgIpc) is 2.70. The van der Waals surface area contributed by atoms with Crippen LogP contribution < -0.4 is 5.32 Å². The van der Waals surface area contributed by atoms with E-state index >= 15 is 0 Å². The first-order valence-corrected chi connectivity index (χ1v) is 6.56. The van der Waals surface area contributed by atoms with Crippen molar-refractivity contribution in [1.82, 2.24) is 19.8 Å². The van der Waals surface area contributed by atoms with Gasteiger partial charge in [-0.2, -0.15) is 0 Å². The van der Waals surface area contributed by atoms with E-state index in [1.165, 1.54) is 25.2 Å². The van der Waals surface area contributed by atoms with Crippen LogP contribution in [0.2, 0.25) is 0 Å². The van der Waals surface area contributed by atoms with Gasteiger partial charge >= 0.3 is 0 Å². The molecule has 1 aromatic rings. The third-order valence-corrected chi connectivity index (χ3v) is 3.91. The number of rotatable bonds is 4. The highest BCUT2D eigenvalue weighted by Gasteiger charge is 2.21. The number of piperidine rings is 1. The van der Waals surface area contributed by atoms with Crippen LogP contribution in [0, 0.1) is 0 Å². The number of nitrogens with one attached hydrogen (secondary N) is 1. The van der Waals surface area contributed by atoms with E-state index in [0.717, 1.165) is 13.0 Å². The van der Waals surface area contributed by atoms with Crippen LogP contribution in [0.5, 0.6) is 0 Å². The van der Waals surface area contributed by atoms with Gasteiger partial charge in [0.15, 0.2) is 0 Å². The summed E-state index contributed by atoms with van der Waals surface area (Å²) in [7, 11) is 4.27. The molecule has 0 aromatic carbocycles. The van der Waals surface area contributed by atoms with Gasteiger partial charge < -0.3 is 14.8 Å². The summed E-state index contributed by atoms with van der Waals surface area (Å²) in [5.41, 5.74) is 0. The van der Waals surface area contributed by atoms with Gasteiger partial charge in [-0.1, -0.05) is 0 Å². The van der Waals surface area contributed by atoms with Crippen LogP contribution in [0.25, 0.3) is 0 Å². The maximum Gasteiger partial charge on any atom is 0.109 e. The molecule has 2 unspecified atom stereocenters. The van der Waals surface area contributed by atoms with Gasteiger partial charge in [0.05, 0.1) is 0 Å². The van der Waals surface area contributed by atoms with Crippen molar-refractivity contribution in [2.24, 2.45) is 7.05 Å². The Morgan fingerprint density at radius 3 is 2.94 bits per heavy atom. The Morgan fingerprint density at radius 2 is 2.29 bits per heavy atom. The molecule has 1 aliphatic heterocycles. The minimum atomic E-state index is 0.682. The largest absolute Gasteiger partial charge is 0.338 e. The zero-order chi connectivity index (χ0) is 12.3. The number of aryl methyl sites for hydroxylation is 1. The molecule has 0 spiro atoms. The highest BCUT2D eigenvalue weighted by atomic mass is 15.1. The quantitative estimate of drug-likeness (QED) is 0.848. The molecular weight excluding hydrogens is 212 g/mol.